The molecule has 0 spiro atoms. The van der Waals surface area contributed by atoms with Crippen LogP contribution in [0.4, 0.5) is 11.4 Å². The molecule has 0 saturated carbocycles. The third-order valence-electron chi connectivity index (χ3n) is 2.58. The van der Waals surface area contributed by atoms with Gasteiger partial charge in [0.1, 0.15) is 0 Å². The highest BCUT2D eigenvalue weighted by Gasteiger charge is 2.24. The number of nitrogens with one attached hydrogen (secondary N) is 1. The highest BCUT2D eigenvalue weighted by molar-refractivity contribution is 9.10. The van der Waals surface area contributed by atoms with E-state index in [4.69, 9.17) is 0 Å². The number of aryl methyl sites for hydroxylation is 1. The van der Waals surface area contributed by atoms with Crippen LogP contribution in [-0.2, 0) is 4.79 Å². The van der Waals surface area contributed by atoms with E-state index in [1.54, 1.807) is 0 Å². The van der Waals surface area contributed by atoms with Crippen molar-refractivity contribution in [2.75, 3.05) is 23.3 Å². The predicted octanol–water partition coefficient (Wildman–Crippen LogP) is 2.54. The second-order valence-corrected chi connectivity index (χ2v) is 4.53. The molecule has 15 heavy (non-hydrogen) atoms. The first-order valence-corrected chi connectivity index (χ1v) is 5.77. The van der Waals surface area contributed by atoms with Crippen molar-refractivity contribution >= 4 is 33.2 Å². The molecule has 0 saturated heterocycles. The molecule has 1 aromatic carbocycles. The lowest BCUT2D eigenvalue weighted by atomic mass is 10.1. The minimum atomic E-state index is 0.135. The number of anilines is 2. The van der Waals surface area contributed by atoms with E-state index in [0.717, 1.165) is 28.0 Å². The molecule has 3 nitrogen and oxygen atoms in total. The Morgan fingerprint density at radius 3 is 2.93 bits per heavy atom. The van der Waals surface area contributed by atoms with Gasteiger partial charge in [-0.05, 0) is 31.5 Å². The average Bonchev–Trinajstić information content (AvgIpc) is 2.18. The number of amides is 1. The molecule has 0 radical (unpaired) electrons. The third kappa shape index (κ3) is 1.74. The van der Waals surface area contributed by atoms with E-state index < -0.39 is 0 Å². The van der Waals surface area contributed by atoms with Crippen LogP contribution >= 0.6 is 15.9 Å². The molecule has 2 rings (SSSR count). The van der Waals surface area contributed by atoms with Gasteiger partial charge in [0.2, 0.25) is 5.91 Å². The van der Waals surface area contributed by atoms with Gasteiger partial charge in [-0.2, -0.15) is 0 Å². The first-order valence-electron chi connectivity index (χ1n) is 4.98. The molecule has 1 N–H and O–H groups in total. The predicted molar refractivity (Wildman–Crippen MR) is 65.4 cm³/mol. The maximum atomic E-state index is 11.7. The summed E-state index contributed by atoms with van der Waals surface area (Å²) in [5.74, 6) is 0.135. The zero-order valence-electron chi connectivity index (χ0n) is 8.80. The number of halogens is 1. The molecule has 80 valence electrons. The van der Waals surface area contributed by atoms with Crippen molar-refractivity contribution in [2.24, 2.45) is 0 Å². The average molecular weight is 269 g/mol. The van der Waals surface area contributed by atoms with Crippen LogP contribution in [0, 0.1) is 6.92 Å². The summed E-state index contributed by atoms with van der Waals surface area (Å²) in [5.41, 5.74) is 3.15. The maximum absolute atomic E-state index is 11.7. The molecule has 0 aliphatic carbocycles. The number of carbonyl (C=O) groups excluding carboxylic acids is 1. The summed E-state index contributed by atoms with van der Waals surface area (Å²) in [7, 11) is 0. The van der Waals surface area contributed by atoms with E-state index in [9.17, 15) is 4.79 Å². The molecule has 1 aromatic rings. The fourth-order valence-corrected chi connectivity index (χ4v) is 2.53. The largest absolute Gasteiger partial charge is 0.374 e. The Kier molecular flexibility index (Phi) is 2.69. The van der Waals surface area contributed by atoms with Crippen molar-refractivity contribution in [1.82, 2.24) is 0 Å². The SMILES string of the molecule is CCN1C(=O)CNc2cc(Br)cc(C)c21. The molecular weight excluding hydrogens is 256 g/mol. The minimum absolute atomic E-state index is 0.135. The summed E-state index contributed by atoms with van der Waals surface area (Å²) >= 11 is 3.45. The summed E-state index contributed by atoms with van der Waals surface area (Å²) in [4.78, 5) is 13.5. The number of nitrogens with zero attached hydrogens (tertiary/aromatic N) is 1. The third-order valence-corrected chi connectivity index (χ3v) is 3.04. The first-order chi connectivity index (χ1) is 7.13. The Hall–Kier alpha value is -1.03. The van der Waals surface area contributed by atoms with Gasteiger partial charge in [0, 0.05) is 11.0 Å². The number of benzene rings is 1. The topological polar surface area (TPSA) is 32.3 Å². The number of fused-ring (bicyclic) bond motifs is 1. The molecule has 1 aliphatic heterocycles. The van der Waals surface area contributed by atoms with Gasteiger partial charge in [-0.1, -0.05) is 15.9 Å². The highest BCUT2D eigenvalue weighted by Crippen LogP contribution is 2.35. The van der Waals surface area contributed by atoms with Gasteiger partial charge < -0.3 is 10.2 Å². The Bertz CT molecular complexity index is 417. The molecule has 0 atom stereocenters. The van der Waals surface area contributed by atoms with Crippen molar-refractivity contribution in [3.63, 3.8) is 0 Å². The molecule has 4 heteroatoms. The minimum Gasteiger partial charge on any atom is -0.374 e. The summed E-state index contributed by atoms with van der Waals surface area (Å²) in [6.45, 7) is 5.12. The van der Waals surface area contributed by atoms with Gasteiger partial charge in [0.25, 0.3) is 0 Å². The van der Waals surface area contributed by atoms with Crippen LogP contribution in [0.25, 0.3) is 0 Å². The lowest BCUT2D eigenvalue weighted by Crippen LogP contribution is -2.40. The van der Waals surface area contributed by atoms with Gasteiger partial charge in [-0.3, -0.25) is 4.79 Å². The standard InChI is InChI=1S/C11H13BrN2O/c1-3-14-10(15)6-13-9-5-8(12)4-7(2)11(9)14/h4-5,13H,3,6H2,1-2H3. The lowest BCUT2D eigenvalue weighted by molar-refractivity contribution is -0.117. The number of likely N-dealkylation sites (N-methyl/N-ethyl adjacent to an activating group) is 1. The van der Waals surface area contributed by atoms with Crippen molar-refractivity contribution in [3.8, 4) is 0 Å². The Balaban J connectivity index is 2.57. The summed E-state index contributed by atoms with van der Waals surface area (Å²) in [6.07, 6.45) is 0. The molecular formula is C11H13BrN2O. The Labute approximate surface area is 97.6 Å². The Morgan fingerprint density at radius 2 is 2.27 bits per heavy atom. The second kappa shape index (κ2) is 3.85. The fraction of sp³-hybridized carbons (Fsp3) is 0.364. The number of rotatable bonds is 1. The van der Waals surface area contributed by atoms with Gasteiger partial charge >= 0.3 is 0 Å². The first kappa shape index (κ1) is 10.5. The molecule has 1 amide bonds. The monoisotopic (exact) mass is 268 g/mol. The van der Waals surface area contributed by atoms with E-state index in [-0.39, 0.29) is 5.91 Å². The molecule has 0 unspecified atom stereocenters. The smallest absolute Gasteiger partial charge is 0.246 e. The lowest BCUT2D eigenvalue weighted by Gasteiger charge is -2.31. The van der Waals surface area contributed by atoms with Crippen LogP contribution in [-0.4, -0.2) is 19.0 Å². The van der Waals surface area contributed by atoms with Crippen LogP contribution in [0.15, 0.2) is 16.6 Å². The summed E-state index contributed by atoms with van der Waals surface area (Å²) < 4.78 is 1.04. The van der Waals surface area contributed by atoms with Crippen molar-refractivity contribution in [2.45, 2.75) is 13.8 Å². The van der Waals surface area contributed by atoms with Crippen LogP contribution < -0.4 is 10.2 Å². The van der Waals surface area contributed by atoms with Crippen LogP contribution in [0.3, 0.4) is 0 Å². The van der Waals surface area contributed by atoms with E-state index >= 15 is 0 Å². The van der Waals surface area contributed by atoms with Crippen molar-refractivity contribution in [1.29, 1.82) is 0 Å². The van der Waals surface area contributed by atoms with E-state index in [1.165, 1.54) is 0 Å². The van der Waals surface area contributed by atoms with Gasteiger partial charge in [-0.15, -0.1) is 0 Å². The number of hydrogen-bond donors (Lipinski definition) is 1. The number of hydrogen-bond acceptors (Lipinski definition) is 2. The van der Waals surface area contributed by atoms with Gasteiger partial charge in [-0.25, -0.2) is 0 Å². The van der Waals surface area contributed by atoms with E-state index in [0.29, 0.717) is 6.54 Å². The molecule has 0 bridgehead atoms. The maximum Gasteiger partial charge on any atom is 0.246 e. The number of carbonyl (C=O) groups is 1. The highest BCUT2D eigenvalue weighted by atomic mass is 79.9. The molecule has 1 heterocycles. The van der Waals surface area contributed by atoms with Crippen LogP contribution in [0.2, 0.25) is 0 Å². The zero-order chi connectivity index (χ0) is 11.0. The van der Waals surface area contributed by atoms with Crippen molar-refractivity contribution in [3.05, 3.63) is 22.2 Å². The summed E-state index contributed by atoms with van der Waals surface area (Å²) in [5, 5.41) is 3.14. The van der Waals surface area contributed by atoms with Gasteiger partial charge in [0.15, 0.2) is 0 Å². The quantitative estimate of drug-likeness (QED) is 0.849. The van der Waals surface area contributed by atoms with Crippen LogP contribution in [0.1, 0.15) is 12.5 Å². The second-order valence-electron chi connectivity index (χ2n) is 3.61. The van der Waals surface area contributed by atoms with Gasteiger partial charge in [0.05, 0.1) is 17.9 Å². The normalized spacial score (nSPS) is 14.9. The molecule has 1 aliphatic rings. The van der Waals surface area contributed by atoms with Crippen LogP contribution in [0.5, 0.6) is 0 Å². The molecule has 0 fully saturated rings. The molecule has 0 aromatic heterocycles. The summed E-state index contributed by atoms with van der Waals surface area (Å²) in [6, 6.07) is 4.04. The van der Waals surface area contributed by atoms with E-state index in [1.807, 2.05) is 30.9 Å². The fourth-order valence-electron chi connectivity index (χ4n) is 1.95. The zero-order valence-corrected chi connectivity index (χ0v) is 10.4. The van der Waals surface area contributed by atoms with E-state index in [2.05, 4.69) is 21.2 Å². The Morgan fingerprint density at radius 1 is 1.53 bits per heavy atom. The van der Waals surface area contributed by atoms with Crippen molar-refractivity contribution < 1.29 is 4.79 Å².